The van der Waals surface area contributed by atoms with E-state index in [1.54, 1.807) is 16.8 Å². The number of sulfone groups is 1. The van der Waals surface area contributed by atoms with Crippen molar-refractivity contribution in [3.05, 3.63) is 65.9 Å². The molecule has 1 fully saturated rings. The third kappa shape index (κ3) is 5.20. The molecule has 2 heterocycles. The Morgan fingerprint density at radius 1 is 1.06 bits per heavy atom. The van der Waals surface area contributed by atoms with E-state index in [1.165, 1.54) is 0 Å². The van der Waals surface area contributed by atoms with E-state index in [2.05, 4.69) is 10.2 Å². The van der Waals surface area contributed by atoms with Gasteiger partial charge in [0.1, 0.15) is 6.54 Å². The predicted molar refractivity (Wildman–Crippen MR) is 124 cm³/mol. The zero-order chi connectivity index (χ0) is 22.6. The molecule has 170 valence electrons. The number of nitrogens with one attached hydrogen (secondary N) is 1. The van der Waals surface area contributed by atoms with Crippen LogP contribution >= 0.6 is 0 Å². The minimum Gasteiger partial charge on any atom is -0.379 e. The van der Waals surface area contributed by atoms with Gasteiger partial charge >= 0.3 is 0 Å². The largest absolute Gasteiger partial charge is 0.379 e. The Labute approximate surface area is 188 Å². The maximum atomic E-state index is 13.3. The van der Waals surface area contributed by atoms with E-state index in [1.807, 2.05) is 49.4 Å². The molecule has 0 aliphatic carbocycles. The number of morpholine rings is 1. The molecule has 1 aliphatic heterocycles. The van der Waals surface area contributed by atoms with Crippen LogP contribution in [0.2, 0.25) is 0 Å². The number of amides is 1. The summed E-state index contributed by atoms with van der Waals surface area (Å²) < 4.78 is 33.6. The summed E-state index contributed by atoms with van der Waals surface area (Å²) in [6.45, 7) is 6.51. The number of aryl methyl sites for hydroxylation is 1. The number of aromatic nitrogens is 1. The minimum atomic E-state index is -3.58. The first kappa shape index (κ1) is 22.5. The molecule has 1 aromatic heterocycles. The number of rotatable bonds is 8. The van der Waals surface area contributed by atoms with E-state index in [0.29, 0.717) is 11.9 Å². The SMILES string of the molecule is Cc1ccccc1CS(=O)(=O)c1cn(CC(=O)NCCN2CCOCC2)c2ccccc12. The van der Waals surface area contributed by atoms with E-state index < -0.39 is 9.84 Å². The lowest BCUT2D eigenvalue weighted by Crippen LogP contribution is -2.41. The van der Waals surface area contributed by atoms with Crippen molar-refractivity contribution in [3.63, 3.8) is 0 Å². The Balaban J connectivity index is 1.49. The first-order chi connectivity index (χ1) is 15.4. The monoisotopic (exact) mass is 455 g/mol. The van der Waals surface area contributed by atoms with E-state index in [9.17, 15) is 13.2 Å². The number of nitrogens with zero attached hydrogens (tertiary/aromatic N) is 2. The van der Waals surface area contributed by atoms with Crippen molar-refractivity contribution in [3.8, 4) is 0 Å². The minimum absolute atomic E-state index is 0.0700. The highest BCUT2D eigenvalue weighted by atomic mass is 32.2. The Kier molecular flexibility index (Phi) is 6.93. The summed E-state index contributed by atoms with van der Waals surface area (Å²) in [6.07, 6.45) is 1.60. The van der Waals surface area contributed by atoms with Crippen LogP contribution in [0, 0.1) is 6.92 Å². The van der Waals surface area contributed by atoms with Gasteiger partial charge in [-0.05, 0) is 24.1 Å². The van der Waals surface area contributed by atoms with E-state index in [4.69, 9.17) is 4.74 Å². The van der Waals surface area contributed by atoms with Crippen LogP contribution in [0.3, 0.4) is 0 Å². The standard InChI is InChI=1S/C24H29N3O4S/c1-19-6-2-3-7-20(19)18-32(29,30)23-16-27(22-9-5-4-8-21(22)23)17-24(28)25-10-11-26-12-14-31-15-13-26/h2-9,16H,10-15,17-18H2,1H3,(H,25,28). The Morgan fingerprint density at radius 2 is 1.78 bits per heavy atom. The fourth-order valence-corrected chi connectivity index (χ4v) is 5.72. The molecule has 0 spiro atoms. The molecule has 0 unspecified atom stereocenters. The lowest BCUT2D eigenvalue weighted by atomic mass is 10.1. The number of hydrogen-bond donors (Lipinski definition) is 1. The molecule has 4 rings (SSSR count). The smallest absolute Gasteiger partial charge is 0.239 e. The van der Waals surface area contributed by atoms with Crippen LogP contribution in [0.15, 0.2) is 59.6 Å². The second kappa shape index (κ2) is 9.85. The van der Waals surface area contributed by atoms with E-state index in [-0.39, 0.29) is 23.1 Å². The van der Waals surface area contributed by atoms with Gasteiger partial charge in [-0.25, -0.2) is 8.42 Å². The van der Waals surface area contributed by atoms with Crippen molar-refractivity contribution >= 4 is 26.6 Å². The number of ether oxygens (including phenoxy) is 1. The lowest BCUT2D eigenvalue weighted by molar-refractivity contribution is -0.121. The van der Waals surface area contributed by atoms with Gasteiger partial charge in [0, 0.05) is 43.3 Å². The van der Waals surface area contributed by atoms with Gasteiger partial charge in [0.15, 0.2) is 9.84 Å². The molecule has 2 aromatic carbocycles. The van der Waals surface area contributed by atoms with Gasteiger partial charge in [-0.3, -0.25) is 9.69 Å². The molecule has 8 heteroatoms. The molecule has 3 aromatic rings. The number of fused-ring (bicyclic) bond motifs is 1. The Bertz CT molecular complexity index is 1200. The highest BCUT2D eigenvalue weighted by Crippen LogP contribution is 2.28. The third-order valence-corrected chi connectivity index (χ3v) is 7.55. The summed E-state index contributed by atoms with van der Waals surface area (Å²) in [5.41, 5.74) is 2.46. The second-order valence-corrected chi connectivity index (χ2v) is 10.1. The lowest BCUT2D eigenvalue weighted by Gasteiger charge is -2.26. The van der Waals surface area contributed by atoms with Crippen LogP contribution in [0.5, 0.6) is 0 Å². The Hall–Kier alpha value is -2.68. The van der Waals surface area contributed by atoms with Crippen LogP contribution in [0.25, 0.3) is 10.9 Å². The molecule has 0 bridgehead atoms. The zero-order valence-electron chi connectivity index (χ0n) is 18.3. The quantitative estimate of drug-likeness (QED) is 0.564. The first-order valence-corrected chi connectivity index (χ1v) is 12.5. The fraction of sp³-hybridized carbons (Fsp3) is 0.375. The van der Waals surface area contributed by atoms with Gasteiger partial charge in [0.2, 0.25) is 5.91 Å². The molecule has 32 heavy (non-hydrogen) atoms. The molecule has 7 nitrogen and oxygen atoms in total. The zero-order valence-corrected chi connectivity index (χ0v) is 19.1. The number of benzene rings is 2. The number of para-hydroxylation sites is 1. The van der Waals surface area contributed by atoms with Gasteiger partial charge in [-0.2, -0.15) is 0 Å². The summed E-state index contributed by atoms with van der Waals surface area (Å²) in [6, 6.07) is 14.8. The van der Waals surface area contributed by atoms with E-state index >= 15 is 0 Å². The second-order valence-electron chi connectivity index (χ2n) is 8.13. The van der Waals surface area contributed by atoms with Crippen LogP contribution in [-0.2, 0) is 31.7 Å². The summed E-state index contributed by atoms with van der Waals surface area (Å²) >= 11 is 0. The highest BCUT2D eigenvalue weighted by Gasteiger charge is 2.23. The van der Waals surface area contributed by atoms with Crippen LogP contribution in [0.1, 0.15) is 11.1 Å². The highest BCUT2D eigenvalue weighted by molar-refractivity contribution is 7.90. The first-order valence-electron chi connectivity index (χ1n) is 10.9. The molecular weight excluding hydrogens is 426 g/mol. The molecule has 0 saturated carbocycles. The van der Waals surface area contributed by atoms with Crippen LogP contribution < -0.4 is 5.32 Å². The van der Waals surface area contributed by atoms with Crippen molar-refractivity contribution in [2.75, 3.05) is 39.4 Å². The Morgan fingerprint density at radius 3 is 2.56 bits per heavy atom. The maximum absolute atomic E-state index is 13.3. The molecule has 0 atom stereocenters. The topological polar surface area (TPSA) is 80.6 Å². The summed E-state index contributed by atoms with van der Waals surface area (Å²) in [5, 5.41) is 3.59. The molecule has 1 amide bonds. The molecule has 1 N–H and O–H groups in total. The summed E-state index contributed by atoms with van der Waals surface area (Å²) in [7, 11) is -3.58. The maximum Gasteiger partial charge on any atom is 0.239 e. The average molecular weight is 456 g/mol. The molecular formula is C24H29N3O4S. The van der Waals surface area contributed by atoms with Crippen LogP contribution in [0.4, 0.5) is 0 Å². The average Bonchev–Trinajstić information content (AvgIpc) is 3.15. The van der Waals surface area contributed by atoms with Crippen molar-refractivity contribution in [1.82, 2.24) is 14.8 Å². The third-order valence-electron chi connectivity index (χ3n) is 5.86. The van der Waals surface area contributed by atoms with Gasteiger partial charge in [-0.15, -0.1) is 0 Å². The number of hydrogen-bond acceptors (Lipinski definition) is 5. The van der Waals surface area contributed by atoms with Gasteiger partial charge < -0.3 is 14.6 Å². The normalized spacial score (nSPS) is 15.2. The molecule has 0 radical (unpaired) electrons. The number of carbonyl (C=O) groups excluding carboxylic acids is 1. The predicted octanol–water partition coefficient (Wildman–Crippen LogP) is 2.37. The van der Waals surface area contributed by atoms with Crippen molar-refractivity contribution in [1.29, 1.82) is 0 Å². The van der Waals surface area contributed by atoms with Crippen LogP contribution in [-0.4, -0.2) is 63.2 Å². The van der Waals surface area contributed by atoms with Crippen molar-refractivity contribution in [2.45, 2.75) is 24.1 Å². The van der Waals surface area contributed by atoms with Gasteiger partial charge in [0.25, 0.3) is 0 Å². The van der Waals surface area contributed by atoms with Gasteiger partial charge in [-0.1, -0.05) is 42.5 Å². The van der Waals surface area contributed by atoms with Gasteiger partial charge in [0.05, 0.1) is 23.9 Å². The number of carbonyl (C=O) groups is 1. The molecule has 1 aliphatic rings. The summed E-state index contributed by atoms with van der Waals surface area (Å²) in [5.74, 6) is -0.207. The van der Waals surface area contributed by atoms with Crippen molar-refractivity contribution in [2.24, 2.45) is 0 Å². The molecule has 1 saturated heterocycles. The van der Waals surface area contributed by atoms with E-state index in [0.717, 1.165) is 49.5 Å². The fourth-order valence-electron chi connectivity index (χ4n) is 4.04. The summed E-state index contributed by atoms with van der Waals surface area (Å²) in [4.78, 5) is 15.1. The van der Waals surface area contributed by atoms with Crippen molar-refractivity contribution < 1.29 is 17.9 Å².